The Morgan fingerprint density at radius 2 is 1.44 bits per heavy atom. The van der Waals surface area contributed by atoms with Crippen molar-refractivity contribution < 1.29 is 0 Å². The Balaban J connectivity index is 0.000000187. The van der Waals surface area contributed by atoms with Gasteiger partial charge in [0.05, 0.1) is 0 Å². The predicted molar refractivity (Wildman–Crippen MR) is 40.2 cm³/mol. The van der Waals surface area contributed by atoms with Gasteiger partial charge in [0.25, 0.3) is 0 Å². The molecule has 0 radical (unpaired) electrons. The summed E-state index contributed by atoms with van der Waals surface area (Å²) >= 11 is 0. The number of hydrogen-bond donors (Lipinski definition) is 0. The first-order chi connectivity index (χ1) is 4.41. The first-order valence-electron chi connectivity index (χ1n) is 3.26. The summed E-state index contributed by atoms with van der Waals surface area (Å²) in [5, 5.41) is 0. The summed E-state index contributed by atoms with van der Waals surface area (Å²) in [6.07, 6.45) is 4.75. The average Bonchev–Trinajstić information content (AvgIpc) is 1.93. The van der Waals surface area contributed by atoms with Crippen molar-refractivity contribution in [2.45, 2.75) is 20.3 Å². The summed E-state index contributed by atoms with van der Waals surface area (Å²) in [5.74, 6) is 0. The Morgan fingerprint density at radius 3 is 1.56 bits per heavy atom. The molecule has 0 aliphatic heterocycles. The molecule has 0 unspecified atom stereocenters. The molecule has 0 aliphatic rings. The molecule has 0 aromatic carbocycles. The number of rotatable bonds is 0. The molecule has 0 amide bonds. The molecule has 1 heteroatoms. The number of nitrogens with zero attached hydrogens (tertiary/aromatic N) is 1. The van der Waals surface area contributed by atoms with E-state index in [0.29, 0.717) is 0 Å². The van der Waals surface area contributed by atoms with Gasteiger partial charge in [-0.25, -0.2) is 0 Å². The van der Waals surface area contributed by atoms with Gasteiger partial charge < -0.3 is 0 Å². The lowest BCUT2D eigenvalue weighted by molar-refractivity contribution is 1.09. The topological polar surface area (TPSA) is 12.9 Å². The molecular formula is C8H13N. The van der Waals surface area contributed by atoms with Crippen molar-refractivity contribution in [2.75, 3.05) is 0 Å². The highest BCUT2D eigenvalue weighted by Gasteiger charge is 1.58. The summed E-state index contributed by atoms with van der Waals surface area (Å²) < 4.78 is 0. The Bertz CT molecular complexity index is 87.4. The van der Waals surface area contributed by atoms with Crippen molar-refractivity contribution in [1.29, 1.82) is 0 Å². The van der Waals surface area contributed by atoms with Crippen LogP contribution in [-0.4, -0.2) is 4.98 Å². The van der Waals surface area contributed by atoms with Gasteiger partial charge in [0.15, 0.2) is 0 Å². The predicted octanol–water partition coefficient (Wildman–Crippen LogP) is 2.50. The molecule has 0 bridgehead atoms. The molecule has 1 heterocycles. The molecule has 1 rings (SSSR count). The van der Waals surface area contributed by atoms with Crippen LogP contribution in [0.1, 0.15) is 20.3 Å². The highest BCUT2D eigenvalue weighted by Crippen LogP contribution is 1.73. The second-order valence-electron chi connectivity index (χ2n) is 1.73. The average molecular weight is 123 g/mol. The van der Waals surface area contributed by atoms with Gasteiger partial charge in [0.2, 0.25) is 0 Å². The van der Waals surface area contributed by atoms with Crippen LogP contribution in [0.5, 0.6) is 0 Å². The Hall–Kier alpha value is -0.850. The first-order valence-corrected chi connectivity index (χ1v) is 3.26. The fourth-order valence-electron chi connectivity index (χ4n) is 0.313. The van der Waals surface area contributed by atoms with E-state index < -0.39 is 0 Å². The molecule has 0 atom stereocenters. The van der Waals surface area contributed by atoms with E-state index in [2.05, 4.69) is 18.8 Å². The van der Waals surface area contributed by atoms with Gasteiger partial charge in [-0.15, -0.1) is 0 Å². The Morgan fingerprint density at radius 1 is 1.00 bits per heavy atom. The maximum Gasteiger partial charge on any atom is 0.0267 e. The monoisotopic (exact) mass is 123 g/mol. The molecule has 0 aliphatic carbocycles. The van der Waals surface area contributed by atoms with Gasteiger partial charge in [-0.3, -0.25) is 4.98 Å². The first kappa shape index (κ1) is 8.15. The fourth-order valence-corrected chi connectivity index (χ4v) is 0.313. The van der Waals surface area contributed by atoms with Crippen molar-refractivity contribution in [3.05, 3.63) is 30.6 Å². The smallest absolute Gasteiger partial charge is 0.0267 e. The standard InChI is InChI=1S/C5H5N.C3H8/c1-2-4-6-5-3-1;1-3-2/h1-5H;3H2,1-2H3. The van der Waals surface area contributed by atoms with Crippen LogP contribution in [0.3, 0.4) is 0 Å². The van der Waals surface area contributed by atoms with Crippen LogP contribution in [-0.2, 0) is 0 Å². The Labute approximate surface area is 56.8 Å². The van der Waals surface area contributed by atoms with Crippen molar-refractivity contribution in [3.63, 3.8) is 0 Å². The summed E-state index contributed by atoms with van der Waals surface area (Å²) in [6.45, 7) is 4.25. The van der Waals surface area contributed by atoms with E-state index in [0.717, 1.165) is 0 Å². The zero-order valence-corrected chi connectivity index (χ0v) is 6.04. The SMILES string of the molecule is CCC.c1ccncc1. The molecule has 1 nitrogen and oxygen atoms in total. The quantitative estimate of drug-likeness (QED) is 0.516. The maximum atomic E-state index is 3.78. The van der Waals surface area contributed by atoms with Crippen molar-refractivity contribution in [2.24, 2.45) is 0 Å². The van der Waals surface area contributed by atoms with Crippen LogP contribution in [0.4, 0.5) is 0 Å². The third-order valence-electron chi connectivity index (χ3n) is 0.566. The molecule has 0 fully saturated rings. The lowest BCUT2D eigenvalue weighted by Gasteiger charge is -1.70. The van der Waals surface area contributed by atoms with Crippen LogP contribution in [0.15, 0.2) is 30.6 Å². The summed E-state index contributed by atoms with van der Waals surface area (Å²) in [5.41, 5.74) is 0. The van der Waals surface area contributed by atoms with Crippen LogP contribution in [0.25, 0.3) is 0 Å². The third kappa shape index (κ3) is 7.15. The van der Waals surface area contributed by atoms with Crippen molar-refractivity contribution >= 4 is 0 Å². The molecule has 0 saturated carbocycles. The van der Waals surface area contributed by atoms with Gasteiger partial charge in [-0.1, -0.05) is 26.3 Å². The van der Waals surface area contributed by atoms with E-state index in [1.165, 1.54) is 6.42 Å². The molecular weight excluding hydrogens is 110 g/mol. The Kier molecular flexibility index (Phi) is 6.47. The van der Waals surface area contributed by atoms with Gasteiger partial charge in [-0.05, 0) is 12.1 Å². The van der Waals surface area contributed by atoms with Gasteiger partial charge >= 0.3 is 0 Å². The highest BCUT2D eigenvalue weighted by atomic mass is 14.6. The van der Waals surface area contributed by atoms with Crippen molar-refractivity contribution in [1.82, 2.24) is 4.98 Å². The van der Waals surface area contributed by atoms with Crippen molar-refractivity contribution in [3.8, 4) is 0 Å². The third-order valence-corrected chi connectivity index (χ3v) is 0.566. The van der Waals surface area contributed by atoms with E-state index in [9.17, 15) is 0 Å². The minimum Gasteiger partial charge on any atom is -0.265 e. The molecule has 1 aromatic heterocycles. The largest absolute Gasteiger partial charge is 0.265 e. The van der Waals surface area contributed by atoms with E-state index in [4.69, 9.17) is 0 Å². The molecule has 0 N–H and O–H groups in total. The van der Waals surface area contributed by atoms with Crippen LogP contribution >= 0.6 is 0 Å². The minimum atomic E-state index is 1.25. The minimum absolute atomic E-state index is 1.25. The summed E-state index contributed by atoms with van der Waals surface area (Å²) in [4.78, 5) is 3.78. The lowest BCUT2D eigenvalue weighted by Crippen LogP contribution is -1.58. The number of aromatic nitrogens is 1. The highest BCUT2D eigenvalue weighted by molar-refractivity contribution is 4.88. The van der Waals surface area contributed by atoms with E-state index >= 15 is 0 Å². The summed E-state index contributed by atoms with van der Waals surface area (Å²) in [7, 11) is 0. The molecule has 0 spiro atoms. The zero-order chi connectivity index (χ0) is 6.95. The normalized spacial score (nSPS) is 7.33. The van der Waals surface area contributed by atoms with Gasteiger partial charge in [0, 0.05) is 12.4 Å². The van der Waals surface area contributed by atoms with Crippen LogP contribution in [0.2, 0.25) is 0 Å². The van der Waals surface area contributed by atoms with E-state index in [-0.39, 0.29) is 0 Å². The molecule has 1 aromatic rings. The van der Waals surface area contributed by atoms with E-state index in [1.54, 1.807) is 12.4 Å². The number of hydrogen-bond acceptors (Lipinski definition) is 1. The van der Waals surface area contributed by atoms with Crippen LogP contribution in [0, 0.1) is 0 Å². The van der Waals surface area contributed by atoms with Gasteiger partial charge in [0.1, 0.15) is 0 Å². The fraction of sp³-hybridized carbons (Fsp3) is 0.375. The van der Waals surface area contributed by atoms with Crippen LogP contribution < -0.4 is 0 Å². The summed E-state index contributed by atoms with van der Waals surface area (Å²) in [6, 6.07) is 5.72. The molecule has 9 heavy (non-hydrogen) atoms. The second-order valence-corrected chi connectivity index (χ2v) is 1.73. The lowest BCUT2D eigenvalue weighted by atomic mass is 10.5. The van der Waals surface area contributed by atoms with Gasteiger partial charge in [-0.2, -0.15) is 0 Å². The van der Waals surface area contributed by atoms with E-state index in [1.807, 2.05) is 18.2 Å². The second kappa shape index (κ2) is 7.15. The molecule has 50 valence electrons. The number of pyridine rings is 1. The zero-order valence-electron chi connectivity index (χ0n) is 6.04. The maximum absolute atomic E-state index is 3.78. The molecule has 0 saturated heterocycles.